The maximum absolute atomic E-state index is 11.7. The van der Waals surface area contributed by atoms with Crippen LogP contribution in [0.2, 0.25) is 0 Å². The van der Waals surface area contributed by atoms with Crippen LogP contribution in [0, 0.1) is 13.8 Å². The Balaban J connectivity index is 3.00. The Hall–Kier alpha value is -1.44. The van der Waals surface area contributed by atoms with Gasteiger partial charge in [-0.05, 0) is 51.0 Å². The molecule has 7 heteroatoms. The van der Waals surface area contributed by atoms with Crippen molar-refractivity contribution in [2.45, 2.75) is 38.7 Å². The van der Waals surface area contributed by atoms with Gasteiger partial charge < -0.3 is 10.1 Å². The molecule has 0 radical (unpaired) electrons. The van der Waals surface area contributed by atoms with Gasteiger partial charge in [-0.25, -0.2) is 13.6 Å². The van der Waals surface area contributed by atoms with Gasteiger partial charge in [0.2, 0.25) is 15.9 Å². The van der Waals surface area contributed by atoms with E-state index in [-0.39, 0.29) is 23.5 Å². The second-order valence-corrected chi connectivity index (χ2v) is 6.43. The first-order valence-corrected chi connectivity index (χ1v) is 7.71. The first-order chi connectivity index (χ1) is 9.11. The minimum absolute atomic E-state index is 0.0272. The van der Waals surface area contributed by atoms with Crippen LogP contribution in [-0.4, -0.2) is 27.0 Å². The molecule has 0 bridgehead atoms. The summed E-state index contributed by atoms with van der Waals surface area (Å²) in [4.78, 5) is 11.7. The largest absolute Gasteiger partial charge is 0.369 e. The molecule has 0 atom stereocenters. The normalized spacial score (nSPS) is 11.7. The summed E-state index contributed by atoms with van der Waals surface area (Å²) in [6.07, 6.45) is -0.0562. The molecule has 0 fully saturated rings. The monoisotopic (exact) mass is 300 g/mol. The summed E-state index contributed by atoms with van der Waals surface area (Å²) in [5.41, 5.74) is 1.94. The first kappa shape index (κ1) is 16.6. The summed E-state index contributed by atoms with van der Waals surface area (Å²) in [6.45, 7) is 7.11. The molecule has 0 saturated carbocycles. The number of nitrogens with two attached hydrogens (primary N) is 1. The number of nitrogens with one attached hydrogen (secondary N) is 1. The molecule has 0 aromatic heterocycles. The van der Waals surface area contributed by atoms with E-state index in [0.29, 0.717) is 5.69 Å². The number of amides is 1. The van der Waals surface area contributed by atoms with Crippen LogP contribution in [0.5, 0.6) is 0 Å². The summed E-state index contributed by atoms with van der Waals surface area (Å²) in [5, 5.41) is 7.74. The number of rotatable bonds is 5. The highest BCUT2D eigenvalue weighted by molar-refractivity contribution is 7.89. The van der Waals surface area contributed by atoms with Crippen LogP contribution >= 0.6 is 0 Å². The molecule has 1 aromatic rings. The number of aryl methyl sites for hydroxylation is 1. The van der Waals surface area contributed by atoms with Crippen molar-refractivity contribution >= 4 is 21.6 Å². The van der Waals surface area contributed by atoms with Crippen LogP contribution < -0.4 is 10.5 Å². The molecule has 20 heavy (non-hydrogen) atoms. The average molecular weight is 300 g/mol. The van der Waals surface area contributed by atoms with Gasteiger partial charge in [0.15, 0.2) is 0 Å². The number of ether oxygens (including phenoxy) is 1. The van der Waals surface area contributed by atoms with Gasteiger partial charge in [0.05, 0.1) is 11.0 Å². The predicted octanol–water partition coefficient (Wildman–Crippen LogP) is 1.31. The Morgan fingerprint density at radius 2 is 1.95 bits per heavy atom. The average Bonchev–Trinajstić information content (AvgIpc) is 2.30. The van der Waals surface area contributed by atoms with Gasteiger partial charge in [0, 0.05) is 5.69 Å². The molecule has 1 aromatic carbocycles. The number of anilines is 1. The summed E-state index contributed by atoms with van der Waals surface area (Å²) in [7, 11) is -3.81. The third kappa shape index (κ3) is 4.59. The topological polar surface area (TPSA) is 98.5 Å². The van der Waals surface area contributed by atoms with Gasteiger partial charge in [0.25, 0.3) is 0 Å². The highest BCUT2D eigenvalue weighted by atomic mass is 32.2. The standard InChI is InChI=1S/C13H20N2O4S/c1-8(2)19-7-13(16)15-12-6-11(20(14,17)18)5-9(3)10(12)4/h5-6,8H,7H2,1-4H3,(H,15,16)(H2,14,17,18). The molecular weight excluding hydrogens is 280 g/mol. The number of carbonyl (C=O) groups excluding carboxylic acids is 1. The number of hydrogen-bond donors (Lipinski definition) is 2. The van der Waals surface area contributed by atoms with Crippen LogP contribution in [0.25, 0.3) is 0 Å². The lowest BCUT2D eigenvalue weighted by Crippen LogP contribution is -2.22. The Kier molecular flexibility index (Phi) is 5.27. The first-order valence-electron chi connectivity index (χ1n) is 6.16. The van der Waals surface area contributed by atoms with E-state index < -0.39 is 10.0 Å². The van der Waals surface area contributed by atoms with Crippen LogP contribution in [0.1, 0.15) is 25.0 Å². The van der Waals surface area contributed by atoms with E-state index in [2.05, 4.69) is 5.32 Å². The lowest BCUT2D eigenvalue weighted by molar-refractivity contribution is -0.121. The van der Waals surface area contributed by atoms with E-state index in [1.54, 1.807) is 13.8 Å². The second-order valence-electron chi connectivity index (χ2n) is 4.87. The third-order valence-corrected chi connectivity index (χ3v) is 3.68. The smallest absolute Gasteiger partial charge is 0.250 e. The van der Waals surface area contributed by atoms with E-state index in [1.807, 2.05) is 13.8 Å². The maximum atomic E-state index is 11.7. The van der Waals surface area contributed by atoms with Crippen molar-refractivity contribution in [3.05, 3.63) is 23.3 Å². The molecule has 0 unspecified atom stereocenters. The number of benzene rings is 1. The number of primary sulfonamides is 1. The van der Waals surface area contributed by atoms with E-state index in [0.717, 1.165) is 11.1 Å². The minimum Gasteiger partial charge on any atom is -0.369 e. The lowest BCUT2D eigenvalue weighted by atomic mass is 10.1. The summed E-state index contributed by atoms with van der Waals surface area (Å²) in [5.74, 6) is -0.340. The zero-order chi connectivity index (χ0) is 15.5. The number of sulfonamides is 1. The Morgan fingerprint density at radius 1 is 1.35 bits per heavy atom. The fourth-order valence-corrected chi connectivity index (χ4v) is 2.17. The van der Waals surface area contributed by atoms with Gasteiger partial charge in [0.1, 0.15) is 6.61 Å². The van der Waals surface area contributed by atoms with Crippen molar-refractivity contribution < 1.29 is 17.9 Å². The summed E-state index contributed by atoms with van der Waals surface area (Å²) >= 11 is 0. The van der Waals surface area contributed by atoms with Gasteiger partial charge >= 0.3 is 0 Å². The van der Waals surface area contributed by atoms with E-state index >= 15 is 0 Å². The Bertz CT molecular complexity index is 609. The van der Waals surface area contributed by atoms with Gasteiger partial charge in [-0.2, -0.15) is 0 Å². The van der Waals surface area contributed by atoms with E-state index in [4.69, 9.17) is 9.88 Å². The third-order valence-electron chi connectivity index (χ3n) is 2.79. The molecule has 1 rings (SSSR count). The van der Waals surface area contributed by atoms with Crippen LogP contribution in [0.3, 0.4) is 0 Å². The molecule has 0 aliphatic heterocycles. The van der Waals surface area contributed by atoms with Crippen molar-refractivity contribution in [2.24, 2.45) is 5.14 Å². The predicted molar refractivity (Wildman–Crippen MR) is 77.0 cm³/mol. The van der Waals surface area contributed by atoms with Gasteiger partial charge in [-0.15, -0.1) is 0 Å². The Labute approximate surface area is 119 Å². The van der Waals surface area contributed by atoms with E-state index in [1.165, 1.54) is 12.1 Å². The molecule has 112 valence electrons. The Morgan fingerprint density at radius 3 is 2.45 bits per heavy atom. The summed E-state index contributed by atoms with van der Waals surface area (Å²) < 4.78 is 28.0. The highest BCUT2D eigenvalue weighted by Gasteiger charge is 2.14. The zero-order valence-electron chi connectivity index (χ0n) is 12.1. The molecule has 0 spiro atoms. The molecule has 0 aliphatic rings. The number of hydrogen-bond acceptors (Lipinski definition) is 4. The fraction of sp³-hybridized carbons (Fsp3) is 0.462. The molecule has 0 aliphatic carbocycles. The molecular formula is C13H20N2O4S. The molecule has 0 heterocycles. The van der Waals surface area contributed by atoms with Crippen molar-refractivity contribution in [1.82, 2.24) is 0 Å². The van der Waals surface area contributed by atoms with Crippen molar-refractivity contribution in [2.75, 3.05) is 11.9 Å². The second kappa shape index (κ2) is 6.34. The van der Waals surface area contributed by atoms with E-state index in [9.17, 15) is 13.2 Å². The molecule has 3 N–H and O–H groups in total. The molecule has 6 nitrogen and oxygen atoms in total. The zero-order valence-corrected chi connectivity index (χ0v) is 12.9. The minimum atomic E-state index is -3.81. The van der Waals surface area contributed by atoms with Crippen LogP contribution in [0.15, 0.2) is 17.0 Å². The van der Waals surface area contributed by atoms with Crippen LogP contribution in [0.4, 0.5) is 5.69 Å². The SMILES string of the molecule is Cc1cc(S(N)(=O)=O)cc(NC(=O)COC(C)C)c1C. The highest BCUT2D eigenvalue weighted by Crippen LogP contribution is 2.23. The number of carbonyl (C=O) groups is 1. The van der Waals surface area contributed by atoms with Crippen LogP contribution in [-0.2, 0) is 19.6 Å². The fourth-order valence-electron chi connectivity index (χ4n) is 1.55. The molecule has 0 saturated heterocycles. The van der Waals surface area contributed by atoms with Crippen molar-refractivity contribution in [3.8, 4) is 0 Å². The maximum Gasteiger partial charge on any atom is 0.250 e. The quantitative estimate of drug-likeness (QED) is 0.856. The van der Waals surface area contributed by atoms with Crippen molar-refractivity contribution in [1.29, 1.82) is 0 Å². The summed E-state index contributed by atoms with van der Waals surface area (Å²) in [6, 6.07) is 2.83. The van der Waals surface area contributed by atoms with Gasteiger partial charge in [-0.3, -0.25) is 4.79 Å². The molecule has 1 amide bonds. The van der Waals surface area contributed by atoms with Crippen molar-refractivity contribution in [3.63, 3.8) is 0 Å². The van der Waals surface area contributed by atoms with Gasteiger partial charge in [-0.1, -0.05) is 0 Å². The lowest BCUT2D eigenvalue weighted by Gasteiger charge is -2.13.